The highest BCUT2D eigenvalue weighted by atomic mass is 16.6. The second kappa shape index (κ2) is 8.47. The highest BCUT2D eigenvalue weighted by Crippen LogP contribution is 2.49. The van der Waals surface area contributed by atoms with E-state index in [1.807, 2.05) is 36.4 Å². The lowest BCUT2D eigenvalue weighted by Crippen LogP contribution is -2.36. The highest BCUT2D eigenvalue weighted by molar-refractivity contribution is 5.93. The van der Waals surface area contributed by atoms with Crippen LogP contribution in [0, 0.1) is 17.8 Å². The zero-order valence-corrected chi connectivity index (χ0v) is 14.6. The van der Waals surface area contributed by atoms with Gasteiger partial charge in [0.1, 0.15) is 6.61 Å². The minimum atomic E-state index is -0.837. The molecule has 2 fully saturated rings. The average molecular weight is 359 g/mol. The van der Waals surface area contributed by atoms with Crippen LogP contribution in [0.4, 0.5) is 0 Å². The number of aliphatic carboxylic acids is 1. The molecule has 1 aromatic rings. The maximum absolute atomic E-state index is 10.4. The first kappa shape index (κ1) is 18.6. The van der Waals surface area contributed by atoms with Crippen LogP contribution in [0.15, 0.2) is 47.6 Å². The van der Waals surface area contributed by atoms with E-state index in [-0.39, 0.29) is 18.3 Å². The predicted molar refractivity (Wildman–Crippen MR) is 96.5 cm³/mol. The molecule has 5 atom stereocenters. The Morgan fingerprint density at radius 1 is 1.35 bits per heavy atom. The van der Waals surface area contributed by atoms with Gasteiger partial charge in [-0.25, -0.2) is 0 Å². The van der Waals surface area contributed by atoms with Crippen LogP contribution in [-0.4, -0.2) is 39.7 Å². The Hall–Kier alpha value is -2.18. The number of hydrogen-bond acceptors (Lipinski definition) is 5. The van der Waals surface area contributed by atoms with E-state index in [1.165, 1.54) is 0 Å². The Bertz CT molecular complexity index is 672. The second-order valence-corrected chi connectivity index (χ2v) is 7.01. The van der Waals surface area contributed by atoms with Crippen LogP contribution in [0.25, 0.3) is 0 Å². The second-order valence-electron chi connectivity index (χ2n) is 7.01. The van der Waals surface area contributed by atoms with Crippen molar-refractivity contribution in [1.29, 1.82) is 0 Å². The lowest BCUT2D eigenvalue weighted by atomic mass is 9.71. The molecule has 6 nitrogen and oxygen atoms in total. The molecule has 2 aliphatic carbocycles. The van der Waals surface area contributed by atoms with Gasteiger partial charge in [0, 0.05) is 18.3 Å². The van der Waals surface area contributed by atoms with Gasteiger partial charge in [0.25, 0.3) is 0 Å². The molecule has 0 saturated heterocycles. The molecule has 0 aromatic heterocycles. The molecule has 3 unspecified atom stereocenters. The Morgan fingerprint density at radius 3 is 2.85 bits per heavy atom. The van der Waals surface area contributed by atoms with Crippen LogP contribution in [-0.2, 0) is 9.63 Å². The van der Waals surface area contributed by atoms with E-state index < -0.39 is 18.2 Å². The van der Waals surface area contributed by atoms with E-state index in [9.17, 15) is 15.0 Å². The molecule has 0 aliphatic heterocycles. The molecule has 6 heteroatoms. The van der Waals surface area contributed by atoms with Gasteiger partial charge in [0.05, 0.1) is 17.9 Å². The Balaban J connectivity index is 1.50. The Labute approximate surface area is 152 Å². The van der Waals surface area contributed by atoms with Gasteiger partial charge in [-0.15, -0.1) is 0 Å². The van der Waals surface area contributed by atoms with Gasteiger partial charge in [-0.1, -0.05) is 47.6 Å². The fourth-order valence-corrected chi connectivity index (χ4v) is 3.83. The summed E-state index contributed by atoms with van der Waals surface area (Å²) in [5.41, 5.74) is 1.78. The molecular formula is C20H25NO5. The van der Waals surface area contributed by atoms with Crippen molar-refractivity contribution in [3.8, 4) is 0 Å². The molecule has 2 saturated carbocycles. The van der Waals surface area contributed by atoms with Crippen LogP contribution in [0.5, 0.6) is 0 Å². The minimum Gasteiger partial charge on any atom is -0.481 e. The van der Waals surface area contributed by atoms with Crippen molar-refractivity contribution < 1.29 is 25.0 Å². The lowest BCUT2D eigenvalue weighted by molar-refractivity contribution is -0.137. The van der Waals surface area contributed by atoms with Crippen LogP contribution in [0.1, 0.15) is 37.4 Å². The van der Waals surface area contributed by atoms with Crippen LogP contribution in [0.3, 0.4) is 0 Å². The number of fused-ring (bicyclic) bond motifs is 1. The summed E-state index contributed by atoms with van der Waals surface area (Å²) in [6, 6.07) is 9.43. The summed E-state index contributed by atoms with van der Waals surface area (Å²) >= 11 is 0. The third-order valence-electron chi connectivity index (χ3n) is 5.29. The number of carboxylic acids is 1. The molecule has 0 amide bonds. The van der Waals surface area contributed by atoms with E-state index in [0.29, 0.717) is 25.4 Å². The number of hydrogen-bond donors (Lipinski definition) is 3. The fraction of sp³-hybridized carbons (Fsp3) is 0.500. The summed E-state index contributed by atoms with van der Waals surface area (Å²) in [4.78, 5) is 15.6. The van der Waals surface area contributed by atoms with Crippen molar-refractivity contribution in [2.75, 3.05) is 6.61 Å². The standard InChI is InChI=1S/C20H25NO5/c22-18(13-5-2-1-3-6-13)9-8-14-15-11-17(16(15)12-19(14)23)21-26-10-4-7-20(24)25/h1-3,5-6,8-9,14-16,18-19,22-23H,4,7,10-12H2,(H,24,25)/t14?,15-,16-,18?,19?/m0/s1. The summed E-state index contributed by atoms with van der Waals surface area (Å²) in [7, 11) is 0. The largest absolute Gasteiger partial charge is 0.481 e. The third kappa shape index (κ3) is 4.31. The van der Waals surface area contributed by atoms with Crippen LogP contribution >= 0.6 is 0 Å². The summed E-state index contributed by atoms with van der Waals surface area (Å²) in [6.07, 6.45) is 4.51. The van der Waals surface area contributed by atoms with Crippen molar-refractivity contribution >= 4 is 11.7 Å². The van der Waals surface area contributed by atoms with Gasteiger partial charge in [0.15, 0.2) is 0 Å². The van der Waals surface area contributed by atoms with Crippen LogP contribution < -0.4 is 0 Å². The SMILES string of the molecule is O=C(O)CCCON=C1C[C@H]2C(C=CC(O)c3ccccc3)C(O)C[C@H]12. The summed E-state index contributed by atoms with van der Waals surface area (Å²) < 4.78 is 0. The molecule has 26 heavy (non-hydrogen) atoms. The monoisotopic (exact) mass is 359 g/mol. The highest BCUT2D eigenvalue weighted by Gasteiger charge is 2.51. The van der Waals surface area contributed by atoms with Gasteiger partial charge in [-0.05, 0) is 30.7 Å². The van der Waals surface area contributed by atoms with Gasteiger partial charge in [-0.2, -0.15) is 0 Å². The number of carbonyl (C=O) groups is 1. The van der Waals surface area contributed by atoms with E-state index in [2.05, 4.69) is 5.16 Å². The maximum Gasteiger partial charge on any atom is 0.303 e. The van der Waals surface area contributed by atoms with Gasteiger partial charge in [0.2, 0.25) is 0 Å². The molecule has 0 bridgehead atoms. The molecular weight excluding hydrogens is 334 g/mol. The summed E-state index contributed by atoms with van der Waals surface area (Å²) in [5.74, 6) is -0.279. The van der Waals surface area contributed by atoms with E-state index in [1.54, 1.807) is 6.08 Å². The van der Waals surface area contributed by atoms with Crippen molar-refractivity contribution in [3.05, 3.63) is 48.0 Å². The van der Waals surface area contributed by atoms with E-state index >= 15 is 0 Å². The molecule has 0 radical (unpaired) electrons. The fourth-order valence-electron chi connectivity index (χ4n) is 3.83. The molecule has 140 valence electrons. The Morgan fingerprint density at radius 2 is 2.12 bits per heavy atom. The molecule has 3 rings (SSSR count). The predicted octanol–water partition coefficient (Wildman–Crippen LogP) is 2.53. The third-order valence-corrected chi connectivity index (χ3v) is 5.29. The zero-order valence-electron chi connectivity index (χ0n) is 14.6. The van der Waals surface area contributed by atoms with Gasteiger partial charge >= 0.3 is 5.97 Å². The first-order valence-electron chi connectivity index (χ1n) is 9.06. The van der Waals surface area contributed by atoms with Crippen molar-refractivity contribution in [3.63, 3.8) is 0 Å². The van der Waals surface area contributed by atoms with Crippen molar-refractivity contribution in [2.45, 2.75) is 37.9 Å². The number of nitrogens with zero attached hydrogens (tertiary/aromatic N) is 1. The van der Waals surface area contributed by atoms with Crippen molar-refractivity contribution in [1.82, 2.24) is 0 Å². The quantitative estimate of drug-likeness (QED) is 0.376. The number of carboxylic acid groups (broad SMARTS) is 1. The normalized spacial score (nSPS) is 30.2. The number of oxime groups is 1. The minimum absolute atomic E-state index is 0.0179. The average Bonchev–Trinajstić information content (AvgIpc) is 2.87. The number of benzene rings is 1. The molecule has 2 aliphatic rings. The first-order valence-corrected chi connectivity index (χ1v) is 9.06. The topological polar surface area (TPSA) is 99.4 Å². The molecule has 1 aromatic carbocycles. The van der Waals surface area contributed by atoms with E-state index in [0.717, 1.165) is 17.7 Å². The maximum atomic E-state index is 10.4. The summed E-state index contributed by atoms with van der Waals surface area (Å²) in [5, 5.41) is 33.3. The molecule has 0 heterocycles. The smallest absolute Gasteiger partial charge is 0.303 e. The number of aliphatic hydroxyl groups excluding tert-OH is 2. The Kier molecular flexibility index (Phi) is 6.06. The first-order chi connectivity index (χ1) is 12.6. The molecule has 3 N–H and O–H groups in total. The van der Waals surface area contributed by atoms with Crippen molar-refractivity contribution in [2.24, 2.45) is 22.9 Å². The van der Waals surface area contributed by atoms with E-state index in [4.69, 9.17) is 9.94 Å². The van der Waals surface area contributed by atoms with Crippen LogP contribution in [0.2, 0.25) is 0 Å². The molecule has 0 spiro atoms. The summed E-state index contributed by atoms with van der Waals surface area (Å²) in [6.45, 7) is 0.294. The lowest BCUT2D eigenvalue weighted by Gasteiger charge is -2.34. The number of rotatable bonds is 8. The van der Waals surface area contributed by atoms with Gasteiger partial charge < -0.3 is 20.2 Å². The number of aliphatic hydroxyl groups is 2. The van der Waals surface area contributed by atoms with Gasteiger partial charge in [-0.3, -0.25) is 4.79 Å². The zero-order chi connectivity index (χ0) is 18.5.